The smallest absolute Gasteiger partial charge is 0.254 e. The molecule has 0 spiro atoms. The number of H-pyrrole nitrogens is 1. The van der Waals surface area contributed by atoms with E-state index in [0.29, 0.717) is 23.2 Å². The maximum Gasteiger partial charge on any atom is 0.254 e. The van der Waals surface area contributed by atoms with Crippen LogP contribution in [0.2, 0.25) is 0 Å². The van der Waals surface area contributed by atoms with Crippen molar-refractivity contribution >= 4 is 11.7 Å². The Morgan fingerprint density at radius 1 is 1.09 bits per heavy atom. The molecule has 114 valence electrons. The lowest BCUT2D eigenvalue weighted by Crippen LogP contribution is -2.52. The highest BCUT2D eigenvalue weighted by Gasteiger charge is 2.24. The number of aromatic nitrogens is 1. The van der Waals surface area contributed by atoms with E-state index in [-0.39, 0.29) is 17.7 Å². The van der Waals surface area contributed by atoms with Gasteiger partial charge in [-0.1, -0.05) is 12.1 Å². The fraction of sp³-hybridized carbons (Fsp3) is 0.294. The first-order chi connectivity index (χ1) is 10.7. The van der Waals surface area contributed by atoms with Crippen LogP contribution in [0.5, 0.6) is 0 Å². The molecular formula is C17H19N3O2. The van der Waals surface area contributed by atoms with Crippen molar-refractivity contribution in [3.05, 3.63) is 59.4 Å². The third-order valence-corrected chi connectivity index (χ3v) is 4.02. The minimum Gasteiger partial charge on any atom is -0.367 e. The van der Waals surface area contributed by atoms with E-state index in [4.69, 9.17) is 0 Å². The summed E-state index contributed by atoms with van der Waals surface area (Å²) in [6.07, 6.45) is 3.39. The van der Waals surface area contributed by atoms with Crippen LogP contribution in [0.1, 0.15) is 33.2 Å². The Kier molecular flexibility index (Phi) is 4.06. The number of nitrogens with one attached hydrogen (secondary N) is 2. The number of nitrogens with zero attached hydrogens (tertiary/aromatic N) is 1. The van der Waals surface area contributed by atoms with Gasteiger partial charge in [0, 0.05) is 54.8 Å². The zero-order valence-corrected chi connectivity index (χ0v) is 12.5. The summed E-state index contributed by atoms with van der Waals surface area (Å²) in [5, 5.41) is 3.27. The van der Waals surface area contributed by atoms with Gasteiger partial charge in [0.15, 0.2) is 5.78 Å². The van der Waals surface area contributed by atoms with Crippen molar-refractivity contribution in [3.63, 3.8) is 0 Å². The molecule has 2 heterocycles. The van der Waals surface area contributed by atoms with Crippen molar-refractivity contribution in [1.29, 1.82) is 0 Å². The highest BCUT2D eigenvalue weighted by molar-refractivity contribution is 6.09. The molecule has 0 aliphatic carbocycles. The van der Waals surface area contributed by atoms with Crippen molar-refractivity contribution in [3.8, 4) is 0 Å². The van der Waals surface area contributed by atoms with Crippen LogP contribution < -0.4 is 5.32 Å². The molecule has 1 aromatic heterocycles. The van der Waals surface area contributed by atoms with Gasteiger partial charge in [0.25, 0.3) is 5.91 Å². The third-order valence-electron chi connectivity index (χ3n) is 4.02. The van der Waals surface area contributed by atoms with E-state index in [1.165, 1.54) is 0 Å². The maximum atomic E-state index is 12.5. The largest absolute Gasteiger partial charge is 0.367 e. The zero-order valence-electron chi connectivity index (χ0n) is 12.5. The molecule has 5 nitrogen and oxygen atoms in total. The van der Waals surface area contributed by atoms with Crippen LogP contribution in [0.15, 0.2) is 42.7 Å². The van der Waals surface area contributed by atoms with Crippen molar-refractivity contribution < 1.29 is 9.59 Å². The van der Waals surface area contributed by atoms with Crippen LogP contribution in [0.25, 0.3) is 0 Å². The van der Waals surface area contributed by atoms with Crippen molar-refractivity contribution in [2.24, 2.45) is 0 Å². The van der Waals surface area contributed by atoms with Gasteiger partial charge in [-0.2, -0.15) is 0 Å². The Labute approximate surface area is 129 Å². The molecule has 2 aromatic rings. The van der Waals surface area contributed by atoms with E-state index in [1.807, 2.05) is 11.8 Å². The molecule has 1 saturated heterocycles. The summed E-state index contributed by atoms with van der Waals surface area (Å²) in [7, 11) is 0. The third kappa shape index (κ3) is 2.80. The Hall–Kier alpha value is -2.40. The van der Waals surface area contributed by atoms with Crippen LogP contribution in [-0.2, 0) is 0 Å². The molecule has 0 radical (unpaired) electrons. The highest BCUT2D eigenvalue weighted by atomic mass is 16.2. The average molecular weight is 297 g/mol. The fourth-order valence-corrected chi connectivity index (χ4v) is 2.70. The van der Waals surface area contributed by atoms with Gasteiger partial charge in [-0.25, -0.2) is 0 Å². The molecule has 1 aliphatic rings. The van der Waals surface area contributed by atoms with E-state index in [0.717, 1.165) is 13.1 Å². The number of carbonyl (C=O) groups excluding carboxylic acids is 2. The van der Waals surface area contributed by atoms with E-state index in [1.54, 1.807) is 42.7 Å². The number of hydrogen-bond donors (Lipinski definition) is 2. The number of carbonyl (C=O) groups is 2. The topological polar surface area (TPSA) is 65.2 Å². The van der Waals surface area contributed by atoms with Crippen LogP contribution >= 0.6 is 0 Å². The summed E-state index contributed by atoms with van der Waals surface area (Å²) in [6.45, 7) is 4.38. The minimum absolute atomic E-state index is 0.0228. The molecule has 0 unspecified atom stereocenters. The Morgan fingerprint density at radius 2 is 1.82 bits per heavy atom. The summed E-state index contributed by atoms with van der Waals surface area (Å²) < 4.78 is 0. The number of hydrogen-bond acceptors (Lipinski definition) is 3. The van der Waals surface area contributed by atoms with Crippen molar-refractivity contribution in [2.75, 3.05) is 19.6 Å². The molecule has 0 bridgehead atoms. The van der Waals surface area contributed by atoms with Gasteiger partial charge < -0.3 is 15.2 Å². The first-order valence-corrected chi connectivity index (χ1v) is 7.46. The lowest BCUT2D eigenvalue weighted by atomic mass is 10.0. The first-order valence-electron chi connectivity index (χ1n) is 7.46. The fourth-order valence-electron chi connectivity index (χ4n) is 2.70. The molecule has 22 heavy (non-hydrogen) atoms. The second kappa shape index (κ2) is 6.15. The number of piperazine rings is 1. The van der Waals surface area contributed by atoms with Gasteiger partial charge in [-0.05, 0) is 25.1 Å². The summed E-state index contributed by atoms with van der Waals surface area (Å²) in [4.78, 5) is 29.5. The van der Waals surface area contributed by atoms with Crippen LogP contribution in [0.4, 0.5) is 0 Å². The van der Waals surface area contributed by atoms with Gasteiger partial charge in [0.05, 0.1) is 0 Å². The molecule has 1 aromatic carbocycles. The van der Waals surface area contributed by atoms with E-state index >= 15 is 0 Å². The maximum absolute atomic E-state index is 12.5. The number of ketones is 1. The van der Waals surface area contributed by atoms with Crippen LogP contribution in [-0.4, -0.2) is 47.3 Å². The Morgan fingerprint density at radius 3 is 2.45 bits per heavy atom. The van der Waals surface area contributed by atoms with Crippen molar-refractivity contribution in [1.82, 2.24) is 15.2 Å². The molecule has 1 aliphatic heterocycles. The van der Waals surface area contributed by atoms with Gasteiger partial charge in [0.2, 0.25) is 0 Å². The van der Waals surface area contributed by atoms with E-state index in [2.05, 4.69) is 10.3 Å². The van der Waals surface area contributed by atoms with Gasteiger partial charge >= 0.3 is 0 Å². The summed E-state index contributed by atoms with van der Waals surface area (Å²) in [5.74, 6) is -0.0227. The molecule has 0 saturated carbocycles. The second-order valence-electron chi connectivity index (χ2n) is 5.56. The lowest BCUT2D eigenvalue weighted by molar-refractivity contribution is 0.0655. The Balaban J connectivity index is 1.76. The number of rotatable bonds is 3. The second-order valence-corrected chi connectivity index (χ2v) is 5.56. The summed E-state index contributed by atoms with van der Waals surface area (Å²) >= 11 is 0. The number of benzene rings is 1. The number of amides is 1. The lowest BCUT2D eigenvalue weighted by Gasteiger charge is -2.34. The quantitative estimate of drug-likeness (QED) is 0.847. The summed E-state index contributed by atoms with van der Waals surface area (Å²) in [5.41, 5.74) is 1.83. The van der Waals surface area contributed by atoms with E-state index in [9.17, 15) is 9.59 Å². The summed E-state index contributed by atoms with van der Waals surface area (Å²) in [6, 6.07) is 8.82. The predicted octanol–water partition coefficient (Wildman–Crippen LogP) is 1.68. The van der Waals surface area contributed by atoms with Gasteiger partial charge in [-0.15, -0.1) is 0 Å². The van der Waals surface area contributed by atoms with Gasteiger partial charge in [0.1, 0.15) is 0 Å². The predicted molar refractivity (Wildman–Crippen MR) is 84.0 cm³/mol. The van der Waals surface area contributed by atoms with E-state index < -0.39 is 0 Å². The SMILES string of the molecule is C[C@H]1CNCCN1C(=O)c1ccc(C(=O)c2cc[nH]c2)cc1. The molecule has 1 amide bonds. The number of aromatic amines is 1. The molecule has 1 atom stereocenters. The first kappa shape index (κ1) is 14.5. The average Bonchev–Trinajstić information content (AvgIpc) is 3.09. The molecular weight excluding hydrogens is 278 g/mol. The Bertz CT molecular complexity index is 662. The van der Waals surface area contributed by atoms with Gasteiger partial charge in [-0.3, -0.25) is 9.59 Å². The normalized spacial score (nSPS) is 18.2. The zero-order chi connectivity index (χ0) is 15.5. The molecule has 1 fully saturated rings. The molecule has 3 rings (SSSR count). The minimum atomic E-state index is -0.0456. The monoisotopic (exact) mass is 297 g/mol. The molecule has 5 heteroatoms. The standard InChI is InChI=1S/C17H19N3O2/c1-12-10-19-8-9-20(12)17(22)14-4-2-13(3-5-14)16(21)15-6-7-18-11-15/h2-7,11-12,18-19H,8-10H2,1H3/t12-/m0/s1. The highest BCUT2D eigenvalue weighted by Crippen LogP contribution is 2.14. The van der Waals surface area contributed by atoms with Crippen LogP contribution in [0.3, 0.4) is 0 Å². The van der Waals surface area contributed by atoms with Crippen LogP contribution in [0, 0.1) is 0 Å². The molecule has 2 N–H and O–H groups in total. The van der Waals surface area contributed by atoms with Crippen molar-refractivity contribution in [2.45, 2.75) is 13.0 Å².